The van der Waals surface area contributed by atoms with Crippen LogP contribution in [0.2, 0.25) is 0 Å². The highest BCUT2D eigenvalue weighted by atomic mass is 16.5. The van der Waals surface area contributed by atoms with Crippen molar-refractivity contribution >= 4 is 5.57 Å². The van der Waals surface area contributed by atoms with Crippen LogP contribution in [0, 0.1) is 0 Å². The maximum atomic E-state index is 5.62. The molecule has 1 aliphatic heterocycles. The molecule has 0 radical (unpaired) electrons. The summed E-state index contributed by atoms with van der Waals surface area (Å²) in [4.78, 5) is 4.18. The van der Waals surface area contributed by atoms with Crippen molar-refractivity contribution in [3.63, 3.8) is 0 Å². The molecule has 2 N–H and O–H groups in total. The fourth-order valence-electron chi connectivity index (χ4n) is 1.27. The van der Waals surface area contributed by atoms with Crippen LogP contribution in [0.25, 0.3) is 5.57 Å². The lowest BCUT2D eigenvalue weighted by Crippen LogP contribution is -2.07. The summed E-state index contributed by atoms with van der Waals surface area (Å²) in [6, 6.07) is -0.197. The molecule has 14 heavy (non-hydrogen) atoms. The van der Waals surface area contributed by atoms with Gasteiger partial charge in [-0.2, -0.15) is 4.98 Å². The minimum Gasteiger partial charge on any atom is -0.501 e. The summed E-state index contributed by atoms with van der Waals surface area (Å²) in [7, 11) is 0. The van der Waals surface area contributed by atoms with Crippen molar-refractivity contribution in [2.75, 3.05) is 6.61 Å². The summed E-state index contributed by atoms with van der Waals surface area (Å²) in [5.41, 5.74) is 6.58. The summed E-state index contributed by atoms with van der Waals surface area (Å²) in [5.74, 6) is 1.06. The Morgan fingerprint density at radius 1 is 1.57 bits per heavy atom. The number of aromatic nitrogens is 2. The average molecular weight is 195 g/mol. The standard InChI is InChI=1S/C9H13N3O2/c1-6(10)8-11-9(14-12-8)7-3-2-4-13-5-7/h5-6H,2-4,10H2,1H3. The number of nitrogens with zero attached hydrogens (tertiary/aromatic N) is 2. The summed E-state index contributed by atoms with van der Waals surface area (Å²) in [6.07, 6.45) is 3.59. The first-order chi connectivity index (χ1) is 6.77. The molecule has 0 fully saturated rings. The number of allylic oxidation sites excluding steroid dienone is 1. The van der Waals surface area contributed by atoms with E-state index in [2.05, 4.69) is 10.1 Å². The molecule has 1 aromatic heterocycles. The van der Waals surface area contributed by atoms with Gasteiger partial charge in [0.05, 0.1) is 24.5 Å². The van der Waals surface area contributed by atoms with Gasteiger partial charge in [0.1, 0.15) is 0 Å². The zero-order valence-corrected chi connectivity index (χ0v) is 8.06. The number of hydrogen-bond donors (Lipinski definition) is 1. The molecular formula is C9H13N3O2. The Morgan fingerprint density at radius 3 is 3.00 bits per heavy atom. The van der Waals surface area contributed by atoms with Gasteiger partial charge in [-0.05, 0) is 19.8 Å². The van der Waals surface area contributed by atoms with Gasteiger partial charge in [-0.3, -0.25) is 0 Å². The van der Waals surface area contributed by atoms with Crippen molar-refractivity contribution in [3.8, 4) is 0 Å². The van der Waals surface area contributed by atoms with Gasteiger partial charge in [-0.1, -0.05) is 5.16 Å². The smallest absolute Gasteiger partial charge is 0.256 e. The van der Waals surface area contributed by atoms with Crippen molar-refractivity contribution in [1.82, 2.24) is 10.1 Å². The zero-order valence-electron chi connectivity index (χ0n) is 8.06. The van der Waals surface area contributed by atoms with E-state index < -0.39 is 0 Å². The minimum atomic E-state index is -0.197. The first-order valence-corrected chi connectivity index (χ1v) is 4.67. The third-order valence-electron chi connectivity index (χ3n) is 2.06. The van der Waals surface area contributed by atoms with E-state index in [0.717, 1.165) is 25.0 Å². The highest BCUT2D eigenvalue weighted by Crippen LogP contribution is 2.22. The number of hydrogen-bond acceptors (Lipinski definition) is 5. The molecule has 0 spiro atoms. The predicted octanol–water partition coefficient (Wildman–Crippen LogP) is 1.24. The molecule has 0 aromatic carbocycles. The summed E-state index contributed by atoms with van der Waals surface area (Å²) < 4.78 is 10.3. The Bertz CT molecular complexity index is 344. The van der Waals surface area contributed by atoms with Gasteiger partial charge in [-0.15, -0.1) is 0 Å². The largest absolute Gasteiger partial charge is 0.501 e. The normalized spacial score (nSPS) is 18.6. The molecule has 2 heterocycles. The second kappa shape index (κ2) is 3.79. The van der Waals surface area contributed by atoms with E-state index in [9.17, 15) is 0 Å². The SMILES string of the molecule is CC(N)c1noc(C2=COCCC2)n1. The van der Waals surface area contributed by atoms with E-state index in [0.29, 0.717) is 11.7 Å². The highest BCUT2D eigenvalue weighted by molar-refractivity contribution is 5.57. The maximum Gasteiger partial charge on any atom is 0.256 e. The summed E-state index contributed by atoms with van der Waals surface area (Å²) in [5, 5.41) is 3.78. The number of rotatable bonds is 2. The zero-order chi connectivity index (χ0) is 9.97. The monoisotopic (exact) mass is 195 g/mol. The molecule has 0 bridgehead atoms. The fourth-order valence-corrected chi connectivity index (χ4v) is 1.27. The Morgan fingerprint density at radius 2 is 2.43 bits per heavy atom. The number of ether oxygens (including phenoxy) is 1. The van der Waals surface area contributed by atoms with Gasteiger partial charge < -0.3 is 15.0 Å². The lowest BCUT2D eigenvalue weighted by Gasteiger charge is -2.09. The van der Waals surface area contributed by atoms with Crippen LogP contribution in [0.5, 0.6) is 0 Å². The van der Waals surface area contributed by atoms with Gasteiger partial charge in [-0.25, -0.2) is 0 Å². The van der Waals surface area contributed by atoms with Crippen LogP contribution in [-0.2, 0) is 4.74 Å². The summed E-state index contributed by atoms with van der Waals surface area (Å²) >= 11 is 0. The van der Waals surface area contributed by atoms with Crippen LogP contribution < -0.4 is 5.73 Å². The Labute approximate surface area is 81.9 Å². The topological polar surface area (TPSA) is 74.2 Å². The molecule has 76 valence electrons. The molecule has 0 saturated heterocycles. The van der Waals surface area contributed by atoms with Crippen molar-refractivity contribution in [2.45, 2.75) is 25.8 Å². The average Bonchev–Trinajstić information content (AvgIpc) is 2.68. The van der Waals surface area contributed by atoms with Crippen molar-refractivity contribution < 1.29 is 9.26 Å². The molecule has 0 aliphatic carbocycles. The second-order valence-electron chi connectivity index (χ2n) is 3.36. The van der Waals surface area contributed by atoms with Gasteiger partial charge >= 0.3 is 0 Å². The van der Waals surface area contributed by atoms with Crippen molar-refractivity contribution in [2.24, 2.45) is 5.73 Å². The van der Waals surface area contributed by atoms with E-state index >= 15 is 0 Å². The molecule has 1 unspecified atom stereocenters. The van der Waals surface area contributed by atoms with E-state index in [-0.39, 0.29) is 6.04 Å². The third-order valence-corrected chi connectivity index (χ3v) is 2.06. The van der Waals surface area contributed by atoms with E-state index in [1.165, 1.54) is 0 Å². The third kappa shape index (κ3) is 1.77. The van der Waals surface area contributed by atoms with Gasteiger partial charge in [0.15, 0.2) is 5.82 Å². The Kier molecular flexibility index (Phi) is 2.49. The second-order valence-corrected chi connectivity index (χ2v) is 3.36. The molecule has 1 aromatic rings. The first kappa shape index (κ1) is 9.21. The number of nitrogens with two attached hydrogens (primary N) is 1. The molecule has 0 amide bonds. The van der Waals surface area contributed by atoms with Crippen LogP contribution in [0.4, 0.5) is 0 Å². The van der Waals surface area contributed by atoms with E-state index in [1.54, 1.807) is 6.26 Å². The van der Waals surface area contributed by atoms with Crippen LogP contribution >= 0.6 is 0 Å². The fraction of sp³-hybridized carbons (Fsp3) is 0.556. The molecule has 1 atom stereocenters. The van der Waals surface area contributed by atoms with Gasteiger partial charge in [0, 0.05) is 0 Å². The quantitative estimate of drug-likeness (QED) is 0.768. The van der Waals surface area contributed by atoms with Crippen LogP contribution in [0.1, 0.15) is 37.5 Å². The molecule has 2 rings (SSSR count). The van der Waals surface area contributed by atoms with Gasteiger partial charge in [0.25, 0.3) is 5.89 Å². The van der Waals surface area contributed by atoms with Crippen LogP contribution in [0.15, 0.2) is 10.8 Å². The molecule has 1 aliphatic rings. The first-order valence-electron chi connectivity index (χ1n) is 4.67. The highest BCUT2D eigenvalue weighted by Gasteiger charge is 2.15. The molecule has 5 heteroatoms. The summed E-state index contributed by atoms with van der Waals surface area (Å²) in [6.45, 7) is 2.58. The van der Waals surface area contributed by atoms with Crippen molar-refractivity contribution in [3.05, 3.63) is 18.0 Å². The Balaban J connectivity index is 2.19. The predicted molar refractivity (Wildman–Crippen MR) is 50.1 cm³/mol. The minimum absolute atomic E-state index is 0.197. The molecule has 5 nitrogen and oxygen atoms in total. The molecule has 0 saturated carbocycles. The molecular weight excluding hydrogens is 182 g/mol. The van der Waals surface area contributed by atoms with Crippen LogP contribution in [0.3, 0.4) is 0 Å². The van der Waals surface area contributed by atoms with E-state index in [1.807, 2.05) is 6.92 Å². The maximum absolute atomic E-state index is 5.62. The lowest BCUT2D eigenvalue weighted by atomic mass is 10.1. The lowest BCUT2D eigenvalue weighted by molar-refractivity contribution is 0.233. The van der Waals surface area contributed by atoms with Gasteiger partial charge in [0.2, 0.25) is 0 Å². The van der Waals surface area contributed by atoms with Crippen LogP contribution in [-0.4, -0.2) is 16.7 Å². The van der Waals surface area contributed by atoms with E-state index in [4.69, 9.17) is 15.0 Å². The van der Waals surface area contributed by atoms with Crippen molar-refractivity contribution in [1.29, 1.82) is 0 Å². The Hall–Kier alpha value is -1.36.